The summed E-state index contributed by atoms with van der Waals surface area (Å²) in [4.78, 5) is 18.0. The van der Waals surface area contributed by atoms with E-state index in [2.05, 4.69) is 51.6 Å². The van der Waals surface area contributed by atoms with Gasteiger partial charge in [0.2, 0.25) is 5.91 Å². The second-order valence-electron chi connectivity index (χ2n) is 7.96. The number of halogens is 1. The molecule has 0 fully saturated rings. The van der Waals surface area contributed by atoms with Crippen molar-refractivity contribution in [1.82, 2.24) is 10.3 Å². The van der Waals surface area contributed by atoms with Crippen LogP contribution >= 0.6 is 11.6 Å². The Morgan fingerprint density at radius 3 is 2.47 bits per heavy atom. The van der Waals surface area contributed by atoms with Gasteiger partial charge in [-0.25, -0.2) is 0 Å². The lowest BCUT2D eigenvalue weighted by molar-refractivity contribution is -0.116. The monoisotopic (exact) mass is 443 g/mol. The number of benzene rings is 3. The average Bonchev–Trinajstić information content (AvgIpc) is 3.23. The number of fused-ring (bicyclic) bond motifs is 1. The van der Waals surface area contributed by atoms with Crippen LogP contribution in [-0.2, 0) is 4.79 Å². The first-order chi connectivity index (χ1) is 15.5. The second kappa shape index (κ2) is 9.75. The Bertz CT molecular complexity index is 1220. The van der Waals surface area contributed by atoms with Gasteiger partial charge in [0, 0.05) is 60.4 Å². The first kappa shape index (κ1) is 21.7. The van der Waals surface area contributed by atoms with E-state index >= 15 is 0 Å². The van der Waals surface area contributed by atoms with Gasteiger partial charge in [0.05, 0.1) is 0 Å². The van der Waals surface area contributed by atoms with E-state index in [1.165, 1.54) is 10.9 Å². The third-order valence-electron chi connectivity index (χ3n) is 5.59. The van der Waals surface area contributed by atoms with Crippen LogP contribution in [0.2, 0.25) is 5.02 Å². The molecule has 4 rings (SSSR count). The predicted octanol–water partition coefficient (Wildman–Crippen LogP) is 5.85. The van der Waals surface area contributed by atoms with Gasteiger partial charge in [-0.2, -0.15) is 0 Å². The lowest BCUT2D eigenvalue weighted by atomic mass is 9.90. The number of aromatic nitrogens is 1. The number of carbonyl (C=O) groups is 1. The van der Waals surface area contributed by atoms with E-state index in [0.29, 0.717) is 11.6 Å². The van der Waals surface area contributed by atoms with Crippen molar-refractivity contribution in [2.75, 3.05) is 25.5 Å². The Morgan fingerprint density at radius 2 is 1.75 bits per heavy atom. The number of nitrogens with one attached hydrogen (secondary N) is 2. The molecule has 1 heterocycles. The molecule has 0 bridgehead atoms. The molecule has 2 N–H and O–H groups in total. The van der Waals surface area contributed by atoms with Crippen molar-refractivity contribution in [2.24, 2.45) is 0 Å². The molecule has 1 amide bonds. The molecule has 0 unspecified atom stereocenters. The zero-order valence-electron chi connectivity index (χ0n) is 18.2. The van der Waals surface area contributed by atoms with Crippen molar-refractivity contribution in [3.63, 3.8) is 0 Å². The molecule has 4 aromatic rings. The lowest BCUT2D eigenvalue weighted by Crippen LogP contribution is -2.27. The van der Waals surface area contributed by atoms with Crippen LogP contribution in [0.4, 0.5) is 5.69 Å². The van der Waals surface area contributed by atoms with Gasteiger partial charge in [0.15, 0.2) is 0 Å². The summed E-state index contributed by atoms with van der Waals surface area (Å²) in [5.74, 6) is -0.107. The molecule has 0 radical (unpaired) electrons. The number of aromatic amines is 1. The van der Waals surface area contributed by atoms with Crippen LogP contribution < -0.4 is 10.2 Å². The van der Waals surface area contributed by atoms with Crippen molar-refractivity contribution >= 4 is 40.2 Å². The van der Waals surface area contributed by atoms with Crippen LogP contribution in [-0.4, -0.2) is 31.5 Å². The number of nitrogens with zero attached hydrogens (tertiary/aromatic N) is 1. The Morgan fingerprint density at radius 1 is 1.03 bits per heavy atom. The summed E-state index contributed by atoms with van der Waals surface area (Å²) in [5, 5.41) is 4.92. The molecule has 1 atom stereocenters. The fourth-order valence-corrected chi connectivity index (χ4v) is 3.93. The van der Waals surface area contributed by atoms with E-state index in [4.69, 9.17) is 11.6 Å². The highest BCUT2D eigenvalue weighted by molar-refractivity contribution is 6.30. The SMILES string of the molecule is CN(C)c1ccc([C@@H](CNC(=O)/C=C/c2ccc(Cl)cc2)c2c[nH]c3ccccc23)cc1. The van der Waals surface area contributed by atoms with Crippen LogP contribution in [0, 0.1) is 0 Å². The normalized spacial score (nSPS) is 12.2. The number of anilines is 1. The lowest BCUT2D eigenvalue weighted by Gasteiger charge is -2.19. The molecule has 0 spiro atoms. The number of hydrogen-bond acceptors (Lipinski definition) is 2. The summed E-state index contributed by atoms with van der Waals surface area (Å²) in [6.07, 6.45) is 5.40. The number of H-pyrrole nitrogens is 1. The molecule has 4 nitrogen and oxygen atoms in total. The highest BCUT2D eigenvalue weighted by atomic mass is 35.5. The van der Waals surface area contributed by atoms with Crippen LogP contribution in [0.1, 0.15) is 22.6 Å². The van der Waals surface area contributed by atoms with E-state index < -0.39 is 0 Å². The number of para-hydroxylation sites is 1. The number of amides is 1. The fourth-order valence-electron chi connectivity index (χ4n) is 3.80. The van der Waals surface area contributed by atoms with E-state index in [0.717, 1.165) is 22.3 Å². The average molecular weight is 444 g/mol. The maximum Gasteiger partial charge on any atom is 0.244 e. The first-order valence-electron chi connectivity index (χ1n) is 10.6. The molecule has 0 saturated carbocycles. The third-order valence-corrected chi connectivity index (χ3v) is 5.84. The van der Waals surface area contributed by atoms with E-state index in [1.807, 2.05) is 56.7 Å². The van der Waals surface area contributed by atoms with Crippen LogP contribution in [0.25, 0.3) is 17.0 Å². The Hall–Kier alpha value is -3.50. The quantitative estimate of drug-likeness (QED) is 0.352. The van der Waals surface area contributed by atoms with Crippen molar-refractivity contribution in [3.8, 4) is 0 Å². The van der Waals surface area contributed by atoms with Gasteiger partial charge in [-0.05, 0) is 53.1 Å². The van der Waals surface area contributed by atoms with Gasteiger partial charge in [-0.1, -0.05) is 54.1 Å². The summed E-state index contributed by atoms with van der Waals surface area (Å²) in [6.45, 7) is 0.493. The summed E-state index contributed by atoms with van der Waals surface area (Å²) in [5.41, 5.74) is 5.48. The molecule has 162 valence electrons. The maximum absolute atomic E-state index is 12.6. The van der Waals surface area contributed by atoms with Crippen molar-refractivity contribution in [2.45, 2.75) is 5.92 Å². The summed E-state index contributed by atoms with van der Waals surface area (Å²) >= 11 is 5.93. The zero-order chi connectivity index (χ0) is 22.5. The van der Waals surface area contributed by atoms with Crippen molar-refractivity contribution in [1.29, 1.82) is 0 Å². The molecular weight excluding hydrogens is 418 g/mol. The van der Waals surface area contributed by atoms with E-state index in [1.54, 1.807) is 12.2 Å². The van der Waals surface area contributed by atoms with Gasteiger partial charge >= 0.3 is 0 Å². The second-order valence-corrected chi connectivity index (χ2v) is 8.39. The smallest absolute Gasteiger partial charge is 0.244 e. The summed E-state index contributed by atoms with van der Waals surface area (Å²) in [6, 6.07) is 24.1. The molecule has 0 aliphatic heterocycles. The number of hydrogen-bond donors (Lipinski definition) is 2. The van der Waals surface area contributed by atoms with Gasteiger partial charge in [0.1, 0.15) is 0 Å². The topological polar surface area (TPSA) is 48.1 Å². The Kier molecular flexibility index (Phi) is 6.62. The molecule has 0 aliphatic carbocycles. The highest BCUT2D eigenvalue weighted by Gasteiger charge is 2.19. The van der Waals surface area contributed by atoms with Gasteiger partial charge in [-0.15, -0.1) is 0 Å². The molecular formula is C27H26ClN3O. The minimum Gasteiger partial charge on any atom is -0.378 e. The minimum absolute atomic E-state index is 0.0234. The summed E-state index contributed by atoms with van der Waals surface area (Å²) < 4.78 is 0. The molecule has 0 saturated heterocycles. The number of rotatable bonds is 7. The third kappa shape index (κ3) is 5.04. The standard InChI is InChI=1S/C27H26ClN3O/c1-31(2)22-14-10-20(11-15-22)24(25-18-29-26-6-4-3-5-23(25)26)17-30-27(32)16-9-19-7-12-21(28)13-8-19/h3-16,18,24,29H,17H2,1-2H3,(H,30,32)/b16-9+/t24-/m1/s1. The van der Waals surface area contributed by atoms with E-state index in [-0.39, 0.29) is 11.8 Å². The Labute approximate surface area is 193 Å². The minimum atomic E-state index is -0.130. The zero-order valence-corrected chi connectivity index (χ0v) is 18.9. The van der Waals surface area contributed by atoms with Crippen LogP contribution in [0.5, 0.6) is 0 Å². The largest absolute Gasteiger partial charge is 0.378 e. The van der Waals surface area contributed by atoms with Gasteiger partial charge in [-0.3, -0.25) is 4.79 Å². The van der Waals surface area contributed by atoms with E-state index in [9.17, 15) is 4.79 Å². The molecule has 1 aromatic heterocycles. The van der Waals surface area contributed by atoms with Crippen molar-refractivity contribution < 1.29 is 4.79 Å². The predicted molar refractivity (Wildman–Crippen MR) is 134 cm³/mol. The Balaban J connectivity index is 1.56. The molecule has 0 aliphatic rings. The first-order valence-corrected chi connectivity index (χ1v) is 10.9. The maximum atomic E-state index is 12.6. The molecule has 3 aromatic carbocycles. The van der Waals surface area contributed by atoms with Crippen LogP contribution in [0.15, 0.2) is 85.1 Å². The summed E-state index contributed by atoms with van der Waals surface area (Å²) in [7, 11) is 4.05. The highest BCUT2D eigenvalue weighted by Crippen LogP contribution is 2.31. The van der Waals surface area contributed by atoms with Gasteiger partial charge in [0.25, 0.3) is 0 Å². The van der Waals surface area contributed by atoms with Crippen molar-refractivity contribution in [3.05, 3.63) is 107 Å². The van der Waals surface area contributed by atoms with Crippen LogP contribution in [0.3, 0.4) is 0 Å². The molecule has 32 heavy (non-hydrogen) atoms. The molecule has 5 heteroatoms. The fraction of sp³-hybridized carbons (Fsp3) is 0.148. The number of carbonyl (C=O) groups excluding carboxylic acids is 1. The van der Waals surface area contributed by atoms with Gasteiger partial charge < -0.3 is 15.2 Å².